The molecule has 196 valence electrons. The van der Waals surface area contributed by atoms with Crippen LogP contribution >= 0.6 is 11.3 Å². The van der Waals surface area contributed by atoms with E-state index in [1.54, 1.807) is 23.2 Å². The summed E-state index contributed by atoms with van der Waals surface area (Å²) >= 11 is 1.46. The molecular weight excluding hydrogens is 528 g/mol. The van der Waals surface area contributed by atoms with Crippen LogP contribution in [-0.4, -0.2) is 30.8 Å². The number of hydrogen-bond acceptors (Lipinski definition) is 6. The summed E-state index contributed by atoms with van der Waals surface area (Å²) in [6.07, 6.45) is 2.37. The van der Waals surface area contributed by atoms with Gasteiger partial charge in [0.1, 0.15) is 0 Å². The maximum Gasteiger partial charge on any atom is 0.264 e. The van der Waals surface area contributed by atoms with Gasteiger partial charge in [-0.1, -0.05) is 41.7 Å². The summed E-state index contributed by atoms with van der Waals surface area (Å²) in [4.78, 5) is 24.8. The van der Waals surface area contributed by atoms with Gasteiger partial charge >= 0.3 is 0 Å². The van der Waals surface area contributed by atoms with Crippen LogP contribution in [0.25, 0.3) is 10.2 Å². The van der Waals surface area contributed by atoms with Crippen molar-refractivity contribution in [1.82, 2.24) is 9.97 Å². The molecule has 3 aromatic carbocycles. The van der Waals surface area contributed by atoms with Crippen LogP contribution in [0.2, 0.25) is 0 Å². The highest BCUT2D eigenvalue weighted by Gasteiger charge is 2.31. The van der Waals surface area contributed by atoms with Crippen LogP contribution in [0.5, 0.6) is 0 Å². The summed E-state index contributed by atoms with van der Waals surface area (Å²) in [5, 5.41) is 0.569. The Labute approximate surface area is 231 Å². The van der Waals surface area contributed by atoms with Crippen molar-refractivity contribution in [1.29, 1.82) is 0 Å². The molecule has 39 heavy (non-hydrogen) atoms. The molecule has 0 radical (unpaired) electrons. The molecule has 1 aliphatic heterocycles. The van der Waals surface area contributed by atoms with Gasteiger partial charge in [-0.05, 0) is 85.5 Å². The van der Waals surface area contributed by atoms with E-state index in [2.05, 4.69) is 11.1 Å². The van der Waals surface area contributed by atoms with E-state index in [9.17, 15) is 13.2 Å². The predicted octanol–water partition coefficient (Wildman–Crippen LogP) is 5.91. The topological polar surface area (TPSA) is 83.5 Å². The molecule has 3 heterocycles. The maximum absolute atomic E-state index is 13.9. The summed E-state index contributed by atoms with van der Waals surface area (Å²) < 4.78 is 29.4. The molecule has 0 unspecified atom stereocenters. The number of benzene rings is 3. The number of rotatable bonds is 6. The van der Waals surface area contributed by atoms with E-state index in [4.69, 9.17) is 4.98 Å². The number of aryl methyl sites for hydroxylation is 2. The van der Waals surface area contributed by atoms with Crippen molar-refractivity contribution in [2.75, 3.05) is 15.7 Å². The lowest BCUT2D eigenvalue weighted by Crippen LogP contribution is -2.31. The number of thiazole rings is 1. The van der Waals surface area contributed by atoms with Crippen molar-refractivity contribution >= 4 is 48.3 Å². The van der Waals surface area contributed by atoms with E-state index in [0.29, 0.717) is 29.3 Å². The number of hydrogen-bond donors (Lipinski definition) is 0. The largest absolute Gasteiger partial charge is 0.278 e. The number of pyridine rings is 1. The maximum atomic E-state index is 13.9. The summed E-state index contributed by atoms with van der Waals surface area (Å²) in [5.41, 5.74) is 5.89. The smallest absolute Gasteiger partial charge is 0.264 e. The summed E-state index contributed by atoms with van der Waals surface area (Å²) in [6, 6.07) is 23.4. The molecule has 1 amide bonds. The van der Waals surface area contributed by atoms with Gasteiger partial charge in [-0.15, -0.1) is 0 Å². The Balaban J connectivity index is 1.34. The highest BCUT2D eigenvalue weighted by molar-refractivity contribution is 7.92. The Morgan fingerprint density at radius 2 is 1.77 bits per heavy atom. The van der Waals surface area contributed by atoms with Crippen molar-refractivity contribution in [3.63, 3.8) is 0 Å². The SMILES string of the molecule is Cc1cc(C)c2sc(N(Cc3ccccn3)C(=O)c3ccc(S(=O)(=O)N4CCc5ccccc54)cc3)nc2c1. The van der Waals surface area contributed by atoms with Gasteiger partial charge in [0, 0.05) is 18.3 Å². The first-order valence-electron chi connectivity index (χ1n) is 12.6. The number of carbonyl (C=O) groups is 1. The number of sulfonamides is 1. The van der Waals surface area contributed by atoms with Crippen LogP contribution in [0, 0.1) is 13.8 Å². The zero-order chi connectivity index (χ0) is 27.1. The number of carbonyl (C=O) groups excluding carboxylic acids is 1. The van der Waals surface area contributed by atoms with Crippen molar-refractivity contribution in [3.8, 4) is 0 Å². The third kappa shape index (κ3) is 4.68. The molecule has 6 rings (SSSR count). The number of amides is 1. The van der Waals surface area contributed by atoms with Crippen LogP contribution in [0.4, 0.5) is 10.8 Å². The van der Waals surface area contributed by atoms with Gasteiger partial charge in [0.2, 0.25) is 0 Å². The average Bonchev–Trinajstić information content (AvgIpc) is 3.57. The molecule has 0 N–H and O–H groups in total. The number of aromatic nitrogens is 2. The van der Waals surface area contributed by atoms with E-state index in [1.807, 2.05) is 62.4 Å². The Kier molecular flexibility index (Phi) is 6.40. The first-order chi connectivity index (χ1) is 18.8. The summed E-state index contributed by atoms with van der Waals surface area (Å²) in [6.45, 7) is 4.71. The second-order valence-corrected chi connectivity index (χ2v) is 12.5. The molecule has 0 saturated carbocycles. The summed E-state index contributed by atoms with van der Waals surface area (Å²) in [5.74, 6) is -0.274. The van der Waals surface area contributed by atoms with Gasteiger partial charge in [0.25, 0.3) is 15.9 Å². The van der Waals surface area contributed by atoms with Gasteiger partial charge in [-0.3, -0.25) is 19.0 Å². The van der Waals surface area contributed by atoms with Gasteiger partial charge in [-0.2, -0.15) is 0 Å². The Morgan fingerprint density at radius 1 is 1.00 bits per heavy atom. The van der Waals surface area contributed by atoms with Crippen molar-refractivity contribution < 1.29 is 13.2 Å². The first kappa shape index (κ1) is 25.2. The minimum absolute atomic E-state index is 0.151. The monoisotopic (exact) mass is 554 g/mol. The molecule has 0 atom stereocenters. The summed E-state index contributed by atoms with van der Waals surface area (Å²) in [7, 11) is -3.75. The molecule has 1 aliphatic rings. The molecule has 0 spiro atoms. The third-order valence-corrected chi connectivity index (χ3v) is 9.92. The number of anilines is 2. The zero-order valence-corrected chi connectivity index (χ0v) is 23.2. The third-order valence-electron chi connectivity index (χ3n) is 6.86. The highest BCUT2D eigenvalue weighted by Crippen LogP contribution is 2.35. The molecule has 0 aliphatic carbocycles. The van der Waals surface area contributed by atoms with Crippen molar-refractivity contribution in [2.45, 2.75) is 31.7 Å². The highest BCUT2D eigenvalue weighted by atomic mass is 32.2. The molecule has 9 heteroatoms. The lowest BCUT2D eigenvalue weighted by atomic mass is 10.1. The Morgan fingerprint density at radius 3 is 2.54 bits per heavy atom. The van der Waals surface area contributed by atoms with E-state index in [0.717, 1.165) is 32.6 Å². The minimum Gasteiger partial charge on any atom is -0.278 e. The predicted molar refractivity (Wildman–Crippen MR) is 155 cm³/mol. The normalized spacial score (nSPS) is 13.0. The first-order valence-corrected chi connectivity index (χ1v) is 14.9. The van der Waals surface area contributed by atoms with Gasteiger partial charge in [0.05, 0.1) is 33.0 Å². The van der Waals surface area contributed by atoms with Crippen LogP contribution in [0.3, 0.4) is 0 Å². The molecule has 7 nitrogen and oxygen atoms in total. The van der Waals surface area contributed by atoms with Crippen LogP contribution in [-0.2, 0) is 23.0 Å². The molecular formula is C30H26N4O3S2. The Bertz CT molecular complexity index is 1800. The number of fused-ring (bicyclic) bond motifs is 2. The fourth-order valence-corrected chi connectivity index (χ4v) is 7.49. The zero-order valence-electron chi connectivity index (χ0n) is 21.5. The minimum atomic E-state index is -3.75. The quantitative estimate of drug-likeness (QED) is 0.261. The van der Waals surface area contributed by atoms with Gasteiger partial charge in [-0.25, -0.2) is 13.4 Å². The van der Waals surface area contributed by atoms with Crippen LogP contribution < -0.4 is 9.21 Å². The number of para-hydroxylation sites is 1. The molecule has 0 saturated heterocycles. The standard InChI is InChI=1S/C30H26N4O3S2/c1-20-17-21(2)28-26(18-20)32-30(38-28)33(19-24-8-5-6-15-31-24)29(35)23-10-12-25(13-11-23)39(36,37)34-16-14-22-7-3-4-9-27(22)34/h3-13,15,17-18H,14,16,19H2,1-2H3. The molecule has 0 fully saturated rings. The second-order valence-electron chi connectivity index (χ2n) is 9.62. The van der Waals surface area contributed by atoms with Crippen molar-refractivity contribution in [2.24, 2.45) is 0 Å². The van der Waals surface area contributed by atoms with Crippen molar-refractivity contribution in [3.05, 3.63) is 113 Å². The lowest BCUT2D eigenvalue weighted by Gasteiger charge is -2.21. The second kappa shape index (κ2) is 9.91. The van der Waals surface area contributed by atoms with Gasteiger partial charge in [0.15, 0.2) is 5.13 Å². The lowest BCUT2D eigenvalue weighted by molar-refractivity contribution is 0.0984. The fraction of sp³-hybridized carbons (Fsp3) is 0.167. The Hall–Kier alpha value is -4.08. The number of nitrogens with zero attached hydrogens (tertiary/aromatic N) is 4. The van der Waals surface area contributed by atoms with Crippen LogP contribution in [0.1, 0.15) is 32.7 Å². The van der Waals surface area contributed by atoms with Gasteiger partial charge < -0.3 is 0 Å². The van der Waals surface area contributed by atoms with Crippen LogP contribution in [0.15, 0.2) is 90.0 Å². The molecule has 5 aromatic rings. The average molecular weight is 555 g/mol. The fourth-order valence-electron chi connectivity index (χ4n) is 4.97. The molecule has 2 aromatic heterocycles. The van der Waals surface area contributed by atoms with E-state index in [1.165, 1.54) is 27.8 Å². The van der Waals surface area contributed by atoms with E-state index < -0.39 is 10.0 Å². The van der Waals surface area contributed by atoms with E-state index in [-0.39, 0.29) is 17.3 Å². The van der Waals surface area contributed by atoms with E-state index >= 15 is 0 Å². The molecule has 0 bridgehead atoms.